The molecule has 0 aromatic rings. The van der Waals surface area contributed by atoms with Gasteiger partial charge < -0.3 is 15.2 Å². The lowest BCUT2D eigenvalue weighted by Gasteiger charge is -2.31. The van der Waals surface area contributed by atoms with Crippen LogP contribution in [0.1, 0.15) is 38.5 Å². The number of hydrogen-bond donors (Lipinski definition) is 2. The Kier molecular flexibility index (Phi) is 3.26. The zero-order chi connectivity index (χ0) is 10.7. The van der Waals surface area contributed by atoms with Gasteiger partial charge in [-0.25, -0.2) is 4.79 Å². The molecule has 2 rings (SSSR count). The van der Waals surface area contributed by atoms with E-state index in [2.05, 4.69) is 5.32 Å². The van der Waals surface area contributed by atoms with Crippen LogP contribution in [0.4, 0.5) is 0 Å². The van der Waals surface area contributed by atoms with Crippen LogP contribution >= 0.6 is 0 Å². The minimum Gasteiger partial charge on any atom is -0.479 e. The first kappa shape index (κ1) is 10.9. The summed E-state index contributed by atoms with van der Waals surface area (Å²) in [5.74, 6) is -0.807. The number of aliphatic carboxylic acids is 1. The minimum atomic E-state index is -0.942. The van der Waals surface area contributed by atoms with Gasteiger partial charge in [-0.3, -0.25) is 0 Å². The van der Waals surface area contributed by atoms with Crippen LogP contribution in [0.15, 0.2) is 0 Å². The second kappa shape index (κ2) is 4.49. The third-order valence-corrected chi connectivity index (χ3v) is 3.45. The van der Waals surface area contributed by atoms with Crippen molar-refractivity contribution in [3.8, 4) is 0 Å². The Hall–Kier alpha value is -0.610. The molecule has 1 heterocycles. The van der Waals surface area contributed by atoms with Crippen LogP contribution in [0, 0.1) is 0 Å². The van der Waals surface area contributed by atoms with E-state index in [0.717, 1.165) is 19.4 Å². The first-order valence-electron chi connectivity index (χ1n) is 5.85. The highest BCUT2D eigenvalue weighted by molar-refractivity contribution is 5.78. The van der Waals surface area contributed by atoms with Crippen LogP contribution in [-0.2, 0) is 9.53 Å². The quantitative estimate of drug-likeness (QED) is 0.738. The van der Waals surface area contributed by atoms with E-state index in [1.54, 1.807) is 0 Å². The Labute approximate surface area is 90.0 Å². The van der Waals surface area contributed by atoms with Gasteiger partial charge in [-0.2, -0.15) is 0 Å². The van der Waals surface area contributed by atoms with Crippen LogP contribution in [0.3, 0.4) is 0 Å². The Morgan fingerprint density at radius 3 is 2.60 bits per heavy atom. The molecule has 0 bridgehead atoms. The summed E-state index contributed by atoms with van der Waals surface area (Å²) >= 11 is 0. The molecule has 0 aromatic heterocycles. The minimum absolute atomic E-state index is 0.162. The van der Waals surface area contributed by atoms with Gasteiger partial charge in [-0.05, 0) is 19.4 Å². The lowest BCUT2D eigenvalue weighted by atomic mass is 9.95. The number of ether oxygens (including phenoxy) is 1. The average Bonchev–Trinajstić information content (AvgIpc) is 2.69. The maximum atomic E-state index is 11.2. The Balaban J connectivity index is 1.96. The summed E-state index contributed by atoms with van der Waals surface area (Å²) in [6.07, 6.45) is 6.41. The molecule has 0 aromatic carbocycles. The van der Waals surface area contributed by atoms with Gasteiger partial charge in [0.05, 0.1) is 6.10 Å². The molecule has 2 fully saturated rings. The molecule has 2 N–H and O–H groups in total. The molecule has 86 valence electrons. The summed E-state index contributed by atoms with van der Waals surface area (Å²) in [6, 6.07) is 0. The van der Waals surface area contributed by atoms with E-state index in [9.17, 15) is 9.90 Å². The Morgan fingerprint density at radius 2 is 2.07 bits per heavy atom. The van der Waals surface area contributed by atoms with Crippen molar-refractivity contribution in [2.75, 3.05) is 13.1 Å². The molecule has 1 aliphatic heterocycles. The van der Waals surface area contributed by atoms with E-state index < -0.39 is 11.6 Å². The molecule has 1 unspecified atom stereocenters. The lowest BCUT2D eigenvalue weighted by molar-refractivity contribution is -0.172. The molecule has 1 atom stereocenters. The normalized spacial score (nSPS) is 33.1. The standard InChI is InChI=1S/C11H19NO3/c13-10(14)11(6-7-12-8-11)15-9-4-2-1-3-5-9/h9,12H,1-8H2,(H,13,14). The van der Waals surface area contributed by atoms with E-state index in [-0.39, 0.29) is 6.10 Å². The summed E-state index contributed by atoms with van der Waals surface area (Å²) in [5.41, 5.74) is -0.942. The molecule has 1 saturated carbocycles. The number of nitrogens with one attached hydrogen (secondary N) is 1. The van der Waals surface area contributed by atoms with Gasteiger partial charge in [0.2, 0.25) is 0 Å². The summed E-state index contributed by atoms with van der Waals surface area (Å²) in [7, 11) is 0. The largest absolute Gasteiger partial charge is 0.479 e. The maximum absolute atomic E-state index is 11.2. The number of hydrogen-bond acceptors (Lipinski definition) is 3. The fourth-order valence-corrected chi connectivity index (χ4v) is 2.50. The number of carboxylic acids is 1. The first-order valence-corrected chi connectivity index (χ1v) is 5.85. The third-order valence-electron chi connectivity index (χ3n) is 3.45. The molecular formula is C11H19NO3. The van der Waals surface area contributed by atoms with E-state index in [4.69, 9.17) is 4.74 Å². The van der Waals surface area contributed by atoms with E-state index in [1.807, 2.05) is 0 Å². The van der Waals surface area contributed by atoms with Crippen LogP contribution in [0.25, 0.3) is 0 Å². The second-order valence-corrected chi connectivity index (χ2v) is 4.60. The molecule has 0 spiro atoms. The van der Waals surface area contributed by atoms with E-state index >= 15 is 0 Å². The molecule has 2 aliphatic rings. The highest BCUT2D eigenvalue weighted by atomic mass is 16.5. The topological polar surface area (TPSA) is 58.6 Å². The summed E-state index contributed by atoms with van der Waals surface area (Å²) in [5, 5.41) is 12.3. The van der Waals surface area contributed by atoms with Gasteiger partial charge >= 0.3 is 5.97 Å². The molecule has 4 nitrogen and oxygen atoms in total. The number of rotatable bonds is 3. The van der Waals surface area contributed by atoms with Crippen LogP contribution in [-0.4, -0.2) is 35.9 Å². The van der Waals surface area contributed by atoms with Crippen molar-refractivity contribution in [2.24, 2.45) is 0 Å². The highest BCUT2D eigenvalue weighted by Crippen LogP contribution is 2.28. The maximum Gasteiger partial charge on any atom is 0.337 e. The zero-order valence-corrected chi connectivity index (χ0v) is 9.00. The molecule has 1 saturated heterocycles. The third kappa shape index (κ3) is 2.32. The smallest absolute Gasteiger partial charge is 0.337 e. The van der Waals surface area contributed by atoms with Gasteiger partial charge in [0.15, 0.2) is 5.60 Å². The van der Waals surface area contributed by atoms with Crippen molar-refractivity contribution < 1.29 is 14.6 Å². The highest BCUT2D eigenvalue weighted by Gasteiger charge is 2.44. The van der Waals surface area contributed by atoms with Gasteiger partial charge in [0.1, 0.15) is 0 Å². The first-order chi connectivity index (χ1) is 7.23. The Morgan fingerprint density at radius 1 is 1.33 bits per heavy atom. The zero-order valence-electron chi connectivity index (χ0n) is 9.00. The summed E-state index contributed by atoms with van der Waals surface area (Å²) < 4.78 is 5.84. The average molecular weight is 213 g/mol. The Bertz CT molecular complexity index is 230. The summed E-state index contributed by atoms with van der Waals surface area (Å²) in [6.45, 7) is 1.21. The van der Waals surface area contributed by atoms with E-state index in [0.29, 0.717) is 13.0 Å². The van der Waals surface area contributed by atoms with Crippen LogP contribution in [0.5, 0.6) is 0 Å². The molecular weight excluding hydrogens is 194 g/mol. The number of carboxylic acid groups (broad SMARTS) is 1. The fourth-order valence-electron chi connectivity index (χ4n) is 2.50. The van der Waals surface area contributed by atoms with Crippen LogP contribution < -0.4 is 5.32 Å². The molecule has 0 amide bonds. The van der Waals surface area contributed by atoms with Gasteiger partial charge in [0.25, 0.3) is 0 Å². The van der Waals surface area contributed by atoms with Crippen molar-refractivity contribution in [3.05, 3.63) is 0 Å². The number of carbonyl (C=O) groups is 1. The van der Waals surface area contributed by atoms with Crippen molar-refractivity contribution in [1.82, 2.24) is 5.32 Å². The summed E-state index contributed by atoms with van der Waals surface area (Å²) in [4.78, 5) is 11.2. The van der Waals surface area contributed by atoms with Gasteiger partial charge in [-0.1, -0.05) is 19.3 Å². The molecule has 4 heteroatoms. The van der Waals surface area contributed by atoms with Crippen molar-refractivity contribution in [1.29, 1.82) is 0 Å². The monoisotopic (exact) mass is 213 g/mol. The predicted molar refractivity (Wildman–Crippen MR) is 55.8 cm³/mol. The second-order valence-electron chi connectivity index (χ2n) is 4.60. The van der Waals surface area contributed by atoms with E-state index in [1.165, 1.54) is 19.3 Å². The molecule has 1 aliphatic carbocycles. The van der Waals surface area contributed by atoms with Crippen LogP contribution in [0.2, 0.25) is 0 Å². The SMILES string of the molecule is O=C(O)C1(OC2CCCCC2)CCNC1. The lowest BCUT2D eigenvalue weighted by Crippen LogP contribution is -2.46. The van der Waals surface area contributed by atoms with Crippen molar-refractivity contribution in [3.63, 3.8) is 0 Å². The van der Waals surface area contributed by atoms with Gasteiger partial charge in [0, 0.05) is 13.0 Å². The van der Waals surface area contributed by atoms with Gasteiger partial charge in [-0.15, -0.1) is 0 Å². The molecule has 15 heavy (non-hydrogen) atoms. The fraction of sp³-hybridized carbons (Fsp3) is 0.909. The predicted octanol–water partition coefficient (Wildman–Crippen LogP) is 1.15. The van der Waals surface area contributed by atoms with Crippen molar-refractivity contribution >= 4 is 5.97 Å². The molecule has 0 radical (unpaired) electrons. The van der Waals surface area contributed by atoms with Crippen molar-refractivity contribution in [2.45, 2.75) is 50.2 Å².